The van der Waals surface area contributed by atoms with Gasteiger partial charge < -0.3 is 19.6 Å². The summed E-state index contributed by atoms with van der Waals surface area (Å²) in [5.41, 5.74) is 1.64. The highest BCUT2D eigenvalue weighted by Crippen LogP contribution is 2.29. The molecule has 0 aliphatic rings. The zero-order valence-corrected chi connectivity index (χ0v) is 15.0. The SMILES string of the molecule is C[C@@H](Oc1ccc2c(-c3ccccc3)cc(=O)oc2c1)C(=O)NCCCO. The summed E-state index contributed by atoms with van der Waals surface area (Å²) in [6.45, 7) is 2.04. The van der Waals surface area contributed by atoms with E-state index in [1.54, 1.807) is 19.1 Å². The number of aliphatic hydroxyl groups excluding tert-OH is 1. The smallest absolute Gasteiger partial charge is 0.336 e. The zero-order valence-electron chi connectivity index (χ0n) is 15.0. The Morgan fingerprint density at radius 2 is 1.96 bits per heavy atom. The Morgan fingerprint density at radius 1 is 1.19 bits per heavy atom. The predicted molar refractivity (Wildman–Crippen MR) is 103 cm³/mol. The summed E-state index contributed by atoms with van der Waals surface area (Å²) >= 11 is 0. The minimum atomic E-state index is -0.717. The number of carbonyl (C=O) groups is 1. The van der Waals surface area contributed by atoms with Crippen molar-refractivity contribution in [2.75, 3.05) is 13.2 Å². The molecular weight excluding hydrogens is 346 g/mol. The van der Waals surface area contributed by atoms with Crippen LogP contribution < -0.4 is 15.7 Å². The molecule has 3 rings (SSSR count). The molecule has 3 aromatic rings. The Hall–Kier alpha value is -3.12. The van der Waals surface area contributed by atoms with Crippen LogP contribution in [0, 0.1) is 0 Å². The molecule has 2 aromatic carbocycles. The van der Waals surface area contributed by atoms with E-state index in [-0.39, 0.29) is 12.5 Å². The molecule has 0 aliphatic carbocycles. The molecular formula is C21H21NO5. The van der Waals surface area contributed by atoms with Gasteiger partial charge in [0, 0.05) is 30.7 Å². The molecule has 0 saturated carbocycles. The number of aliphatic hydroxyl groups is 1. The van der Waals surface area contributed by atoms with Gasteiger partial charge in [-0.25, -0.2) is 4.79 Å². The molecule has 0 aliphatic heterocycles. The second-order valence-electron chi connectivity index (χ2n) is 6.13. The van der Waals surface area contributed by atoms with E-state index in [0.29, 0.717) is 24.3 Å². The van der Waals surface area contributed by atoms with Crippen LogP contribution in [-0.2, 0) is 4.79 Å². The molecule has 6 heteroatoms. The van der Waals surface area contributed by atoms with Crippen molar-refractivity contribution < 1.29 is 19.1 Å². The van der Waals surface area contributed by atoms with Crippen molar-refractivity contribution in [3.8, 4) is 16.9 Å². The number of benzene rings is 2. The Morgan fingerprint density at radius 3 is 2.70 bits per heavy atom. The molecule has 1 atom stereocenters. The second kappa shape index (κ2) is 8.51. The van der Waals surface area contributed by atoms with Crippen LogP contribution in [0.25, 0.3) is 22.1 Å². The van der Waals surface area contributed by atoms with E-state index in [4.69, 9.17) is 14.3 Å². The highest BCUT2D eigenvalue weighted by Gasteiger charge is 2.15. The zero-order chi connectivity index (χ0) is 19.2. The Bertz CT molecular complexity index is 981. The molecule has 0 saturated heterocycles. The molecule has 0 bridgehead atoms. The summed E-state index contributed by atoms with van der Waals surface area (Å²) in [5, 5.41) is 12.2. The van der Waals surface area contributed by atoms with E-state index in [1.807, 2.05) is 36.4 Å². The summed E-state index contributed by atoms with van der Waals surface area (Å²) < 4.78 is 11.0. The van der Waals surface area contributed by atoms with E-state index >= 15 is 0 Å². The maximum atomic E-state index is 12.0. The van der Waals surface area contributed by atoms with E-state index < -0.39 is 11.7 Å². The van der Waals surface area contributed by atoms with Gasteiger partial charge in [0.2, 0.25) is 0 Å². The van der Waals surface area contributed by atoms with Gasteiger partial charge in [-0.15, -0.1) is 0 Å². The molecule has 27 heavy (non-hydrogen) atoms. The first-order chi connectivity index (χ1) is 13.1. The fourth-order valence-electron chi connectivity index (χ4n) is 2.76. The van der Waals surface area contributed by atoms with Crippen molar-refractivity contribution in [1.82, 2.24) is 5.32 Å². The summed E-state index contributed by atoms with van der Waals surface area (Å²) in [5.74, 6) is 0.156. The topological polar surface area (TPSA) is 88.8 Å². The summed E-state index contributed by atoms with van der Waals surface area (Å²) in [6, 6.07) is 16.2. The minimum absolute atomic E-state index is 0.0168. The third-order valence-corrected chi connectivity index (χ3v) is 4.12. The van der Waals surface area contributed by atoms with Gasteiger partial charge >= 0.3 is 5.63 Å². The van der Waals surface area contributed by atoms with Crippen LogP contribution in [0.2, 0.25) is 0 Å². The first kappa shape index (κ1) is 18.7. The van der Waals surface area contributed by atoms with Crippen LogP contribution in [0.5, 0.6) is 5.75 Å². The van der Waals surface area contributed by atoms with Gasteiger partial charge in [0.25, 0.3) is 5.91 Å². The first-order valence-electron chi connectivity index (χ1n) is 8.77. The van der Waals surface area contributed by atoms with Crippen LogP contribution in [-0.4, -0.2) is 30.3 Å². The van der Waals surface area contributed by atoms with Crippen molar-refractivity contribution in [3.63, 3.8) is 0 Å². The van der Waals surface area contributed by atoms with Gasteiger partial charge in [-0.05, 0) is 36.6 Å². The molecule has 0 unspecified atom stereocenters. The van der Waals surface area contributed by atoms with Crippen molar-refractivity contribution in [2.24, 2.45) is 0 Å². The third-order valence-electron chi connectivity index (χ3n) is 4.12. The van der Waals surface area contributed by atoms with E-state index in [2.05, 4.69) is 5.32 Å². The Balaban J connectivity index is 1.86. The normalized spacial score (nSPS) is 11.9. The molecule has 2 N–H and O–H groups in total. The number of carbonyl (C=O) groups excluding carboxylic acids is 1. The molecule has 6 nitrogen and oxygen atoms in total. The molecule has 0 spiro atoms. The largest absolute Gasteiger partial charge is 0.481 e. The second-order valence-corrected chi connectivity index (χ2v) is 6.13. The lowest BCUT2D eigenvalue weighted by atomic mass is 10.0. The van der Waals surface area contributed by atoms with E-state index in [9.17, 15) is 9.59 Å². The van der Waals surface area contributed by atoms with Gasteiger partial charge in [-0.3, -0.25) is 4.79 Å². The molecule has 140 valence electrons. The van der Waals surface area contributed by atoms with Crippen molar-refractivity contribution >= 4 is 16.9 Å². The van der Waals surface area contributed by atoms with Crippen molar-refractivity contribution in [3.05, 3.63) is 65.0 Å². The summed E-state index contributed by atoms with van der Waals surface area (Å²) in [7, 11) is 0. The Kier molecular flexibility index (Phi) is 5.88. The standard InChI is InChI=1S/C21H21NO5/c1-14(21(25)22-10-5-11-23)26-16-8-9-17-18(15-6-3-2-4-7-15)13-20(24)27-19(17)12-16/h2-4,6-9,12-14,23H,5,10-11H2,1H3,(H,22,25)/t14-/m1/s1. The quantitative estimate of drug-likeness (QED) is 0.495. The highest BCUT2D eigenvalue weighted by atomic mass is 16.5. The maximum Gasteiger partial charge on any atom is 0.336 e. The highest BCUT2D eigenvalue weighted by molar-refractivity contribution is 5.93. The van der Waals surface area contributed by atoms with E-state index in [0.717, 1.165) is 16.5 Å². The number of rotatable bonds is 7. The number of hydrogen-bond donors (Lipinski definition) is 2. The molecule has 1 aromatic heterocycles. The van der Waals surface area contributed by atoms with Crippen molar-refractivity contribution in [1.29, 1.82) is 0 Å². The van der Waals surface area contributed by atoms with Crippen LogP contribution >= 0.6 is 0 Å². The molecule has 0 radical (unpaired) electrons. The lowest BCUT2D eigenvalue weighted by Crippen LogP contribution is -2.37. The number of fused-ring (bicyclic) bond motifs is 1. The average molecular weight is 367 g/mol. The average Bonchev–Trinajstić information content (AvgIpc) is 2.67. The van der Waals surface area contributed by atoms with Gasteiger partial charge in [-0.2, -0.15) is 0 Å². The third kappa shape index (κ3) is 4.54. The Labute approximate surface area is 156 Å². The molecule has 1 heterocycles. The number of hydrogen-bond acceptors (Lipinski definition) is 5. The minimum Gasteiger partial charge on any atom is -0.481 e. The van der Waals surface area contributed by atoms with Crippen LogP contribution in [0.1, 0.15) is 13.3 Å². The summed E-state index contributed by atoms with van der Waals surface area (Å²) in [6.07, 6.45) is -0.229. The monoisotopic (exact) mass is 367 g/mol. The van der Waals surface area contributed by atoms with E-state index in [1.165, 1.54) is 6.07 Å². The lowest BCUT2D eigenvalue weighted by molar-refractivity contribution is -0.127. The fourth-order valence-corrected chi connectivity index (χ4v) is 2.76. The lowest BCUT2D eigenvalue weighted by Gasteiger charge is -2.15. The van der Waals surface area contributed by atoms with Gasteiger partial charge in [0.1, 0.15) is 11.3 Å². The summed E-state index contributed by atoms with van der Waals surface area (Å²) in [4.78, 5) is 24.0. The fraction of sp³-hybridized carbons (Fsp3) is 0.238. The van der Waals surface area contributed by atoms with Crippen molar-refractivity contribution in [2.45, 2.75) is 19.4 Å². The van der Waals surface area contributed by atoms with Gasteiger partial charge in [-0.1, -0.05) is 30.3 Å². The van der Waals surface area contributed by atoms with Crippen LogP contribution in [0.15, 0.2) is 63.8 Å². The number of nitrogens with one attached hydrogen (secondary N) is 1. The van der Waals surface area contributed by atoms with Crippen LogP contribution in [0.3, 0.4) is 0 Å². The first-order valence-corrected chi connectivity index (χ1v) is 8.77. The maximum absolute atomic E-state index is 12.0. The van der Waals surface area contributed by atoms with Gasteiger partial charge in [0.15, 0.2) is 6.10 Å². The van der Waals surface area contributed by atoms with Crippen LogP contribution in [0.4, 0.5) is 0 Å². The predicted octanol–water partition coefficient (Wildman–Crippen LogP) is 2.73. The van der Waals surface area contributed by atoms with Gasteiger partial charge in [0.05, 0.1) is 0 Å². The molecule has 0 fully saturated rings. The molecule has 1 amide bonds. The number of ether oxygens (including phenoxy) is 1. The number of amides is 1.